The minimum atomic E-state index is -0.786. The molecule has 33 heavy (non-hydrogen) atoms. The maximum absolute atomic E-state index is 13.7. The molecule has 2 aliphatic rings. The number of halogens is 1. The van der Waals surface area contributed by atoms with Crippen molar-refractivity contribution in [2.75, 3.05) is 36.5 Å². The van der Waals surface area contributed by atoms with Crippen LogP contribution in [-0.2, 0) is 14.4 Å². The lowest BCUT2D eigenvalue weighted by molar-refractivity contribution is -0.140. The molecular formula is C25H29FN4O3. The second-order valence-corrected chi connectivity index (χ2v) is 8.97. The molecule has 0 aliphatic carbocycles. The molecule has 4 rings (SSSR count). The van der Waals surface area contributed by atoms with E-state index >= 15 is 0 Å². The van der Waals surface area contributed by atoms with E-state index in [4.69, 9.17) is 0 Å². The van der Waals surface area contributed by atoms with Gasteiger partial charge in [0, 0.05) is 30.4 Å². The highest BCUT2D eigenvalue weighted by Crippen LogP contribution is 2.39. The Morgan fingerprint density at radius 1 is 1.03 bits per heavy atom. The maximum atomic E-state index is 13.7. The predicted molar refractivity (Wildman–Crippen MR) is 124 cm³/mol. The Balaban J connectivity index is 1.52. The maximum Gasteiger partial charge on any atom is 0.250 e. The number of amides is 3. The number of piperidine rings is 1. The van der Waals surface area contributed by atoms with Gasteiger partial charge in [-0.05, 0) is 49.2 Å². The average Bonchev–Trinajstić information content (AvgIpc) is 3.07. The van der Waals surface area contributed by atoms with E-state index in [0.29, 0.717) is 31.6 Å². The highest BCUT2D eigenvalue weighted by atomic mass is 19.1. The van der Waals surface area contributed by atoms with Crippen molar-refractivity contribution < 1.29 is 18.8 Å². The van der Waals surface area contributed by atoms with Gasteiger partial charge in [0.2, 0.25) is 11.8 Å². The van der Waals surface area contributed by atoms with Gasteiger partial charge in [0.1, 0.15) is 17.9 Å². The van der Waals surface area contributed by atoms with Crippen LogP contribution in [0, 0.1) is 11.7 Å². The molecule has 2 aromatic carbocycles. The molecule has 2 aliphatic heterocycles. The van der Waals surface area contributed by atoms with Crippen molar-refractivity contribution in [2.45, 2.75) is 32.2 Å². The molecule has 7 nitrogen and oxygen atoms in total. The summed E-state index contributed by atoms with van der Waals surface area (Å²) >= 11 is 0. The summed E-state index contributed by atoms with van der Waals surface area (Å²) in [5, 5.41) is 2.73. The molecule has 3 amide bonds. The van der Waals surface area contributed by atoms with Crippen molar-refractivity contribution in [2.24, 2.45) is 5.92 Å². The average molecular weight is 453 g/mol. The Labute approximate surface area is 193 Å². The Morgan fingerprint density at radius 3 is 2.27 bits per heavy atom. The van der Waals surface area contributed by atoms with Gasteiger partial charge in [-0.1, -0.05) is 32.0 Å². The van der Waals surface area contributed by atoms with E-state index in [-0.39, 0.29) is 42.7 Å². The molecule has 2 fully saturated rings. The van der Waals surface area contributed by atoms with Crippen LogP contribution in [-0.4, -0.2) is 59.4 Å². The topological polar surface area (TPSA) is 73.0 Å². The van der Waals surface area contributed by atoms with Crippen molar-refractivity contribution in [3.05, 3.63) is 60.4 Å². The third-order valence-corrected chi connectivity index (χ3v) is 6.44. The molecule has 1 spiro atoms. The first kappa shape index (κ1) is 22.8. The molecule has 2 aromatic rings. The zero-order chi connectivity index (χ0) is 23.6. The number of carbonyl (C=O) groups is 3. The van der Waals surface area contributed by atoms with Gasteiger partial charge in [0.25, 0.3) is 5.91 Å². The summed E-state index contributed by atoms with van der Waals surface area (Å²) < 4.78 is 13.1. The first-order chi connectivity index (χ1) is 15.8. The lowest BCUT2D eigenvalue weighted by atomic mass is 9.85. The first-order valence-electron chi connectivity index (χ1n) is 11.3. The summed E-state index contributed by atoms with van der Waals surface area (Å²) in [6.07, 6.45) is 1.02. The summed E-state index contributed by atoms with van der Waals surface area (Å²) in [5.74, 6) is -0.817. The number of nitrogens with zero attached hydrogens (tertiary/aromatic N) is 3. The molecule has 2 heterocycles. The number of likely N-dealkylation sites (tertiary alicyclic amines) is 1. The normalized spacial score (nSPS) is 17.7. The summed E-state index contributed by atoms with van der Waals surface area (Å²) in [5.41, 5.74) is 0.602. The molecule has 0 radical (unpaired) electrons. The van der Waals surface area contributed by atoms with E-state index in [1.165, 1.54) is 24.3 Å². The van der Waals surface area contributed by atoms with Gasteiger partial charge in [-0.3, -0.25) is 14.4 Å². The molecule has 174 valence electrons. The van der Waals surface area contributed by atoms with Crippen molar-refractivity contribution >= 4 is 29.1 Å². The molecule has 0 saturated carbocycles. The molecule has 0 atom stereocenters. The van der Waals surface area contributed by atoms with E-state index in [9.17, 15) is 18.8 Å². The van der Waals surface area contributed by atoms with Crippen LogP contribution >= 0.6 is 0 Å². The fourth-order valence-electron chi connectivity index (χ4n) is 4.69. The number of hydrogen-bond donors (Lipinski definition) is 1. The fourth-order valence-corrected chi connectivity index (χ4v) is 4.69. The van der Waals surface area contributed by atoms with E-state index < -0.39 is 5.54 Å². The number of anilines is 2. The highest BCUT2D eigenvalue weighted by molar-refractivity contribution is 5.99. The Bertz CT molecular complexity index is 1020. The third-order valence-electron chi connectivity index (χ3n) is 6.44. The summed E-state index contributed by atoms with van der Waals surface area (Å²) in [7, 11) is 0. The van der Waals surface area contributed by atoms with Crippen LogP contribution in [0.4, 0.5) is 15.8 Å². The SMILES string of the molecule is CC(C)C(=O)N1CCC2(CC1)C(=O)N(CC(=O)Nc1ccc(F)cc1)CN2c1ccccc1. The van der Waals surface area contributed by atoms with Crippen LogP contribution in [0.15, 0.2) is 54.6 Å². The molecule has 1 N–H and O–H groups in total. The predicted octanol–water partition coefficient (Wildman–Crippen LogP) is 3.09. The second-order valence-electron chi connectivity index (χ2n) is 8.97. The summed E-state index contributed by atoms with van der Waals surface area (Å²) in [4.78, 5) is 44.3. The van der Waals surface area contributed by atoms with Gasteiger partial charge in [-0.25, -0.2) is 4.39 Å². The number of rotatable bonds is 5. The molecule has 0 bridgehead atoms. The zero-order valence-electron chi connectivity index (χ0n) is 19.0. The van der Waals surface area contributed by atoms with Gasteiger partial charge in [0.15, 0.2) is 0 Å². The van der Waals surface area contributed by atoms with Crippen molar-refractivity contribution in [3.63, 3.8) is 0 Å². The van der Waals surface area contributed by atoms with Crippen molar-refractivity contribution in [1.82, 2.24) is 9.80 Å². The number of benzene rings is 2. The van der Waals surface area contributed by atoms with Crippen LogP contribution < -0.4 is 10.2 Å². The standard InChI is InChI=1S/C25H29FN4O3/c1-18(2)23(32)28-14-12-25(13-15-28)24(33)29(17-30(25)21-6-4-3-5-7-21)16-22(31)27-20-10-8-19(26)9-11-20/h3-11,18H,12-17H2,1-2H3,(H,27,31). The van der Waals surface area contributed by atoms with Crippen molar-refractivity contribution in [1.29, 1.82) is 0 Å². The zero-order valence-corrected chi connectivity index (χ0v) is 19.0. The first-order valence-corrected chi connectivity index (χ1v) is 11.3. The Morgan fingerprint density at radius 2 is 1.67 bits per heavy atom. The third kappa shape index (κ3) is 4.55. The highest BCUT2D eigenvalue weighted by Gasteiger charge is 2.54. The smallest absolute Gasteiger partial charge is 0.250 e. The fraction of sp³-hybridized carbons (Fsp3) is 0.400. The molecule has 0 aromatic heterocycles. The number of nitrogens with one attached hydrogen (secondary N) is 1. The minimum absolute atomic E-state index is 0.0878. The number of carbonyl (C=O) groups excluding carboxylic acids is 3. The van der Waals surface area contributed by atoms with E-state index in [0.717, 1.165) is 5.69 Å². The van der Waals surface area contributed by atoms with Gasteiger partial charge < -0.3 is 20.0 Å². The quantitative estimate of drug-likeness (QED) is 0.757. The molecule has 0 unspecified atom stereocenters. The van der Waals surface area contributed by atoms with Crippen molar-refractivity contribution in [3.8, 4) is 0 Å². The van der Waals surface area contributed by atoms with Gasteiger partial charge in [-0.15, -0.1) is 0 Å². The molecule has 8 heteroatoms. The van der Waals surface area contributed by atoms with Gasteiger partial charge in [-0.2, -0.15) is 0 Å². The number of hydrogen-bond acceptors (Lipinski definition) is 4. The summed E-state index contributed by atoms with van der Waals surface area (Å²) in [6.45, 7) is 4.95. The molecule has 2 saturated heterocycles. The largest absolute Gasteiger partial charge is 0.342 e. The van der Waals surface area contributed by atoms with Crippen LogP contribution in [0.3, 0.4) is 0 Å². The van der Waals surface area contributed by atoms with E-state index in [1.54, 1.807) is 4.90 Å². The van der Waals surface area contributed by atoms with E-state index in [2.05, 4.69) is 10.2 Å². The van der Waals surface area contributed by atoms with Crippen LogP contribution in [0.25, 0.3) is 0 Å². The van der Waals surface area contributed by atoms with Crippen LogP contribution in [0.1, 0.15) is 26.7 Å². The Hall–Kier alpha value is -3.42. The van der Waals surface area contributed by atoms with Gasteiger partial charge in [0.05, 0.1) is 6.67 Å². The van der Waals surface area contributed by atoms with Gasteiger partial charge >= 0.3 is 0 Å². The summed E-state index contributed by atoms with van der Waals surface area (Å²) in [6, 6.07) is 15.2. The van der Waals surface area contributed by atoms with Crippen LogP contribution in [0.5, 0.6) is 0 Å². The monoisotopic (exact) mass is 452 g/mol. The molecular weight excluding hydrogens is 423 g/mol. The van der Waals surface area contributed by atoms with Crippen LogP contribution in [0.2, 0.25) is 0 Å². The minimum Gasteiger partial charge on any atom is -0.342 e. The second kappa shape index (κ2) is 9.21. The number of para-hydroxylation sites is 1. The lowest BCUT2D eigenvalue weighted by Crippen LogP contribution is -2.57. The Kier molecular flexibility index (Phi) is 6.35. The lowest BCUT2D eigenvalue weighted by Gasteiger charge is -2.43. The van der Waals surface area contributed by atoms with E-state index in [1.807, 2.05) is 49.1 Å².